The molecule has 1 aromatic heterocycles. The first-order valence-corrected chi connectivity index (χ1v) is 11.5. The van der Waals surface area contributed by atoms with Crippen molar-refractivity contribution >= 4 is 15.7 Å². The maximum absolute atomic E-state index is 12.8. The van der Waals surface area contributed by atoms with Gasteiger partial charge in [0, 0.05) is 18.7 Å². The standard InChI is InChI=1S/C19H26N2O4S/c22-19(21-9-11-26(23,24)12-10-21)17-8-7-16(15-3-1-2-4-15)18(20-17)25-13-14-5-6-14/h7-8,14-15H,1-6,9-13H2. The average Bonchev–Trinajstić information content (AvgIpc) is 3.31. The molecule has 1 aliphatic heterocycles. The van der Waals surface area contributed by atoms with Gasteiger partial charge in [0.05, 0.1) is 18.1 Å². The van der Waals surface area contributed by atoms with Crippen LogP contribution in [0, 0.1) is 5.92 Å². The Balaban J connectivity index is 1.53. The summed E-state index contributed by atoms with van der Waals surface area (Å²) in [5.74, 6) is 1.57. The van der Waals surface area contributed by atoms with E-state index in [1.165, 1.54) is 25.7 Å². The number of ether oxygens (including phenoxy) is 1. The smallest absolute Gasteiger partial charge is 0.272 e. The summed E-state index contributed by atoms with van der Waals surface area (Å²) in [5.41, 5.74) is 1.48. The minimum atomic E-state index is -3.01. The van der Waals surface area contributed by atoms with Crippen molar-refractivity contribution < 1.29 is 17.9 Å². The third kappa shape index (κ3) is 4.03. The second kappa shape index (κ2) is 7.18. The summed E-state index contributed by atoms with van der Waals surface area (Å²) in [7, 11) is -3.01. The Bertz CT molecular complexity index is 769. The Hall–Kier alpha value is -1.63. The molecular weight excluding hydrogens is 352 g/mol. The summed E-state index contributed by atoms with van der Waals surface area (Å²) < 4.78 is 29.2. The molecule has 2 saturated carbocycles. The summed E-state index contributed by atoms with van der Waals surface area (Å²) in [6, 6.07) is 3.78. The SMILES string of the molecule is O=C(c1ccc(C2CCCC2)c(OCC2CC2)n1)N1CCS(=O)(=O)CC1. The van der Waals surface area contributed by atoms with E-state index in [1.54, 1.807) is 11.0 Å². The molecule has 0 aromatic carbocycles. The van der Waals surface area contributed by atoms with Gasteiger partial charge < -0.3 is 9.64 Å². The predicted molar refractivity (Wildman–Crippen MR) is 98.2 cm³/mol. The molecule has 2 aliphatic carbocycles. The van der Waals surface area contributed by atoms with Crippen molar-refractivity contribution in [3.8, 4) is 5.88 Å². The zero-order chi connectivity index (χ0) is 18.1. The minimum absolute atomic E-state index is 0.0317. The van der Waals surface area contributed by atoms with E-state index in [-0.39, 0.29) is 30.5 Å². The van der Waals surface area contributed by atoms with Crippen LogP contribution in [-0.4, -0.2) is 55.4 Å². The van der Waals surface area contributed by atoms with Gasteiger partial charge in [-0.2, -0.15) is 0 Å². The third-order valence-electron chi connectivity index (χ3n) is 5.69. The lowest BCUT2D eigenvalue weighted by molar-refractivity contribution is 0.0763. The number of amides is 1. The number of carbonyl (C=O) groups excluding carboxylic acids is 1. The fraction of sp³-hybridized carbons (Fsp3) is 0.684. The topological polar surface area (TPSA) is 76.6 Å². The Labute approximate surface area is 154 Å². The molecule has 4 rings (SSSR count). The molecule has 2 heterocycles. The van der Waals surface area contributed by atoms with Crippen LogP contribution in [0.1, 0.15) is 60.5 Å². The molecule has 142 valence electrons. The van der Waals surface area contributed by atoms with Crippen LogP contribution < -0.4 is 4.74 Å². The van der Waals surface area contributed by atoms with E-state index in [4.69, 9.17) is 4.74 Å². The highest BCUT2D eigenvalue weighted by atomic mass is 32.2. The summed E-state index contributed by atoms with van der Waals surface area (Å²) in [6.07, 6.45) is 7.18. The van der Waals surface area contributed by atoms with Crippen molar-refractivity contribution in [3.05, 3.63) is 23.4 Å². The average molecular weight is 378 g/mol. The molecule has 3 fully saturated rings. The molecule has 0 spiro atoms. The first-order chi connectivity index (χ1) is 12.5. The molecule has 1 amide bonds. The van der Waals surface area contributed by atoms with Crippen molar-refractivity contribution in [2.75, 3.05) is 31.2 Å². The molecule has 0 N–H and O–H groups in total. The Morgan fingerprint density at radius 1 is 1.12 bits per heavy atom. The summed E-state index contributed by atoms with van der Waals surface area (Å²) in [6.45, 7) is 1.16. The zero-order valence-corrected chi connectivity index (χ0v) is 15.8. The number of aromatic nitrogens is 1. The van der Waals surface area contributed by atoms with Gasteiger partial charge >= 0.3 is 0 Å². The van der Waals surface area contributed by atoms with E-state index in [9.17, 15) is 13.2 Å². The van der Waals surface area contributed by atoms with Crippen LogP contribution in [0.5, 0.6) is 5.88 Å². The van der Waals surface area contributed by atoms with Gasteiger partial charge in [0.15, 0.2) is 9.84 Å². The third-order valence-corrected chi connectivity index (χ3v) is 7.30. The number of sulfone groups is 1. The Morgan fingerprint density at radius 3 is 2.46 bits per heavy atom. The molecule has 0 radical (unpaired) electrons. The molecule has 26 heavy (non-hydrogen) atoms. The van der Waals surface area contributed by atoms with Gasteiger partial charge in [-0.05, 0) is 43.6 Å². The monoisotopic (exact) mass is 378 g/mol. The second-order valence-electron chi connectivity index (χ2n) is 7.77. The van der Waals surface area contributed by atoms with E-state index in [0.717, 1.165) is 18.4 Å². The molecule has 7 heteroatoms. The molecule has 0 atom stereocenters. The van der Waals surface area contributed by atoms with Gasteiger partial charge in [0.1, 0.15) is 5.69 Å². The van der Waals surface area contributed by atoms with Crippen LogP contribution in [0.4, 0.5) is 0 Å². The van der Waals surface area contributed by atoms with E-state index in [0.29, 0.717) is 30.0 Å². The normalized spacial score (nSPS) is 23.2. The quantitative estimate of drug-likeness (QED) is 0.786. The van der Waals surface area contributed by atoms with Crippen LogP contribution in [-0.2, 0) is 9.84 Å². The minimum Gasteiger partial charge on any atom is -0.477 e. The Morgan fingerprint density at radius 2 is 1.81 bits per heavy atom. The number of hydrogen-bond acceptors (Lipinski definition) is 5. The molecule has 3 aliphatic rings. The number of rotatable bonds is 5. The lowest BCUT2D eigenvalue weighted by Crippen LogP contribution is -2.44. The highest BCUT2D eigenvalue weighted by molar-refractivity contribution is 7.91. The van der Waals surface area contributed by atoms with Crippen molar-refractivity contribution in [1.29, 1.82) is 0 Å². The van der Waals surface area contributed by atoms with E-state index >= 15 is 0 Å². The van der Waals surface area contributed by atoms with Crippen molar-refractivity contribution in [3.63, 3.8) is 0 Å². The molecule has 0 unspecified atom stereocenters. The highest BCUT2D eigenvalue weighted by Crippen LogP contribution is 2.39. The predicted octanol–water partition coefficient (Wildman–Crippen LogP) is 2.40. The number of hydrogen-bond donors (Lipinski definition) is 0. The fourth-order valence-electron chi connectivity index (χ4n) is 3.79. The van der Waals surface area contributed by atoms with Gasteiger partial charge in [-0.15, -0.1) is 0 Å². The number of pyridine rings is 1. The summed E-state index contributed by atoms with van der Waals surface area (Å²) in [5, 5.41) is 0. The second-order valence-corrected chi connectivity index (χ2v) is 10.1. The lowest BCUT2D eigenvalue weighted by Gasteiger charge is -2.26. The van der Waals surface area contributed by atoms with Gasteiger partial charge in [-0.25, -0.2) is 13.4 Å². The van der Waals surface area contributed by atoms with Crippen LogP contribution in [0.3, 0.4) is 0 Å². The number of nitrogens with zero attached hydrogens (tertiary/aromatic N) is 2. The lowest BCUT2D eigenvalue weighted by atomic mass is 9.98. The van der Waals surface area contributed by atoms with E-state index in [1.807, 2.05) is 6.07 Å². The first kappa shape index (κ1) is 17.8. The van der Waals surface area contributed by atoms with Crippen molar-refractivity contribution in [2.24, 2.45) is 5.92 Å². The fourth-order valence-corrected chi connectivity index (χ4v) is 4.99. The van der Waals surface area contributed by atoms with Gasteiger partial charge in [0.2, 0.25) is 5.88 Å². The van der Waals surface area contributed by atoms with Gasteiger partial charge in [0.25, 0.3) is 5.91 Å². The Kier molecular flexibility index (Phi) is 4.90. The molecule has 1 aromatic rings. The van der Waals surface area contributed by atoms with Crippen LogP contribution >= 0.6 is 0 Å². The molecular formula is C19H26N2O4S. The highest BCUT2D eigenvalue weighted by Gasteiger charge is 2.29. The van der Waals surface area contributed by atoms with Crippen molar-refractivity contribution in [1.82, 2.24) is 9.88 Å². The van der Waals surface area contributed by atoms with E-state index in [2.05, 4.69) is 4.98 Å². The zero-order valence-electron chi connectivity index (χ0n) is 15.0. The number of carbonyl (C=O) groups is 1. The molecule has 1 saturated heterocycles. The molecule has 0 bridgehead atoms. The maximum Gasteiger partial charge on any atom is 0.272 e. The molecule has 6 nitrogen and oxygen atoms in total. The summed E-state index contributed by atoms with van der Waals surface area (Å²) in [4.78, 5) is 18.9. The van der Waals surface area contributed by atoms with Gasteiger partial charge in [-0.3, -0.25) is 4.79 Å². The summed E-state index contributed by atoms with van der Waals surface area (Å²) >= 11 is 0. The van der Waals surface area contributed by atoms with E-state index < -0.39 is 9.84 Å². The first-order valence-electron chi connectivity index (χ1n) is 9.65. The van der Waals surface area contributed by atoms with Gasteiger partial charge in [-0.1, -0.05) is 18.9 Å². The largest absolute Gasteiger partial charge is 0.477 e. The van der Waals surface area contributed by atoms with Crippen LogP contribution in [0.2, 0.25) is 0 Å². The maximum atomic E-state index is 12.8. The van der Waals surface area contributed by atoms with Crippen molar-refractivity contribution in [2.45, 2.75) is 44.4 Å². The van der Waals surface area contributed by atoms with Crippen LogP contribution in [0.15, 0.2) is 12.1 Å². The van der Waals surface area contributed by atoms with Crippen LogP contribution in [0.25, 0.3) is 0 Å².